The van der Waals surface area contributed by atoms with Gasteiger partial charge in [0.2, 0.25) is 0 Å². The van der Waals surface area contributed by atoms with Crippen LogP contribution in [0.25, 0.3) is 16.8 Å². The average Bonchev–Trinajstić information content (AvgIpc) is 3.49. The van der Waals surface area contributed by atoms with Gasteiger partial charge in [-0.25, -0.2) is 4.98 Å². The zero-order valence-electron chi connectivity index (χ0n) is 15.7. The molecule has 6 nitrogen and oxygen atoms in total. The predicted octanol–water partition coefficient (Wildman–Crippen LogP) is 3.61. The van der Waals surface area contributed by atoms with Crippen molar-refractivity contribution in [2.75, 3.05) is 19.4 Å². The SMILES string of the molecule is CCCNC(=O)c1nc2c(-c3cc(C4CC4)ccc3OC)cccn2c1N. The maximum absolute atomic E-state index is 12.4. The zero-order chi connectivity index (χ0) is 19.0. The molecule has 140 valence electrons. The van der Waals surface area contributed by atoms with Crippen molar-refractivity contribution < 1.29 is 9.53 Å². The molecule has 0 radical (unpaired) electrons. The third-order valence-corrected chi connectivity index (χ3v) is 5.00. The van der Waals surface area contributed by atoms with Gasteiger partial charge >= 0.3 is 0 Å². The fraction of sp³-hybridized carbons (Fsp3) is 0.333. The number of carbonyl (C=O) groups excluding carboxylic acids is 1. The van der Waals surface area contributed by atoms with E-state index >= 15 is 0 Å². The second kappa shape index (κ2) is 6.95. The minimum Gasteiger partial charge on any atom is -0.496 e. The Hall–Kier alpha value is -3.02. The van der Waals surface area contributed by atoms with E-state index in [1.807, 2.05) is 31.3 Å². The van der Waals surface area contributed by atoms with Gasteiger partial charge in [0.1, 0.15) is 17.2 Å². The molecule has 1 aliphatic carbocycles. The molecule has 4 rings (SSSR count). The molecule has 3 aromatic rings. The van der Waals surface area contributed by atoms with Gasteiger partial charge in [-0.1, -0.05) is 13.0 Å². The van der Waals surface area contributed by atoms with Gasteiger partial charge in [0.15, 0.2) is 5.69 Å². The maximum atomic E-state index is 12.4. The Balaban J connectivity index is 1.85. The molecular formula is C21H24N4O2. The summed E-state index contributed by atoms with van der Waals surface area (Å²) in [4.78, 5) is 17.0. The number of rotatable bonds is 6. The van der Waals surface area contributed by atoms with E-state index < -0.39 is 0 Å². The number of carbonyl (C=O) groups is 1. The minimum atomic E-state index is -0.248. The van der Waals surface area contributed by atoms with Crippen LogP contribution in [-0.4, -0.2) is 28.9 Å². The molecule has 0 aliphatic heterocycles. The molecule has 27 heavy (non-hydrogen) atoms. The number of benzene rings is 1. The lowest BCUT2D eigenvalue weighted by Gasteiger charge is -2.12. The molecular weight excluding hydrogens is 340 g/mol. The molecule has 2 heterocycles. The van der Waals surface area contributed by atoms with Crippen LogP contribution in [0.5, 0.6) is 5.75 Å². The molecule has 1 saturated carbocycles. The highest BCUT2D eigenvalue weighted by atomic mass is 16.5. The van der Waals surface area contributed by atoms with Gasteiger partial charge in [-0.15, -0.1) is 0 Å². The average molecular weight is 364 g/mol. The van der Waals surface area contributed by atoms with Gasteiger partial charge in [0.05, 0.1) is 7.11 Å². The Morgan fingerprint density at radius 3 is 2.85 bits per heavy atom. The first-order valence-corrected chi connectivity index (χ1v) is 9.37. The first-order chi connectivity index (χ1) is 13.1. The van der Waals surface area contributed by atoms with Gasteiger partial charge in [0, 0.05) is 23.9 Å². The van der Waals surface area contributed by atoms with Crippen LogP contribution >= 0.6 is 0 Å². The number of fused-ring (bicyclic) bond motifs is 1. The molecule has 0 saturated heterocycles. The van der Waals surface area contributed by atoms with Crippen molar-refractivity contribution in [3.63, 3.8) is 0 Å². The van der Waals surface area contributed by atoms with Crippen molar-refractivity contribution in [3.05, 3.63) is 47.8 Å². The number of nitrogens with two attached hydrogens (primary N) is 1. The van der Waals surface area contributed by atoms with Crippen molar-refractivity contribution in [1.29, 1.82) is 0 Å². The zero-order valence-corrected chi connectivity index (χ0v) is 15.7. The summed E-state index contributed by atoms with van der Waals surface area (Å²) in [7, 11) is 1.67. The summed E-state index contributed by atoms with van der Waals surface area (Å²) >= 11 is 0. The molecule has 1 aromatic carbocycles. The topological polar surface area (TPSA) is 81.6 Å². The maximum Gasteiger partial charge on any atom is 0.273 e. The normalized spacial score (nSPS) is 13.7. The highest BCUT2D eigenvalue weighted by Crippen LogP contribution is 2.43. The van der Waals surface area contributed by atoms with Crippen LogP contribution in [0, 0.1) is 0 Å². The molecule has 3 N–H and O–H groups in total. The molecule has 0 unspecified atom stereocenters. The largest absolute Gasteiger partial charge is 0.496 e. The van der Waals surface area contributed by atoms with E-state index in [1.165, 1.54) is 18.4 Å². The van der Waals surface area contributed by atoms with Crippen molar-refractivity contribution >= 4 is 17.4 Å². The van der Waals surface area contributed by atoms with Gasteiger partial charge in [-0.2, -0.15) is 0 Å². The number of pyridine rings is 1. The van der Waals surface area contributed by atoms with E-state index in [4.69, 9.17) is 10.5 Å². The molecule has 1 aliphatic rings. The molecule has 0 bridgehead atoms. The van der Waals surface area contributed by atoms with Gasteiger partial charge < -0.3 is 15.8 Å². The lowest BCUT2D eigenvalue weighted by molar-refractivity contribution is 0.0950. The molecule has 6 heteroatoms. The Labute approximate surface area is 158 Å². The van der Waals surface area contributed by atoms with Crippen LogP contribution in [0.1, 0.15) is 48.2 Å². The Morgan fingerprint density at radius 2 is 2.15 bits per heavy atom. The quantitative estimate of drug-likeness (QED) is 0.700. The van der Waals surface area contributed by atoms with Crippen molar-refractivity contribution in [2.24, 2.45) is 0 Å². The highest BCUT2D eigenvalue weighted by molar-refractivity contribution is 5.99. The van der Waals surface area contributed by atoms with E-state index in [0.29, 0.717) is 23.9 Å². The lowest BCUT2D eigenvalue weighted by Crippen LogP contribution is -2.25. The van der Waals surface area contributed by atoms with E-state index in [9.17, 15) is 4.79 Å². The summed E-state index contributed by atoms with van der Waals surface area (Å²) in [6.07, 6.45) is 5.15. The number of imidazole rings is 1. The van der Waals surface area contributed by atoms with Crippen LogP contribution < -0.4 is 15.8 Å². The van der Waals surface area contributed by atoms with Gasteiger partial charge in [-0.3, -0.25) is 9.20 Å². The van der Waals surface area contributed by atoms with Gasteiger partial charge in [0.25, 0.3) is 5.91 Å². The molecule has 0 atom stereocenters. The third kappa shape index (κ3) is 3.12. The Kier molecular flexibility index (Phi) is 4.48. The van der Waals surface area contributed by atoms with Crippen molar-refractivity contribution in [2.45, 2.75) is 32.1 Å². The minimum absolute atomic E-state index is 0.248. The van der Waals surface area contributed by atoms with E-state index in [-0.39, 0.29) is 11.6 Å². The van der Waals surface area contributed by atoms with E-state index in [2.05, 4.69) is 22.4 Å². The van der Waals surface area contributed by atoms with Crippen LogP contribution in [0.15, 0.2) is 36.5 Å². The second-order valence-corrected chi connectivity index (χ2v) is 6.95. The number of nitrogens with zero attached hydrogens (tertiary/aromatic N) is 2. The van der Waals surface area contributed by atoms with Crippen molar-refractivity contribution in [1.82, 2.24) is 14.7 Å². The van der Waals surface area contributed by atoms with Crippen LogP contribution in [-0.2, 0) is 0 Å². The monoisotopic (exact) mass is 364 g/mol. The number of aromatic nitrogens is 2. The first kappa shape index (κ1) is 17.4. The van der Waals surface area contributed by atoms with E-state index in [0.717, 1.165) is 23.3 Å². The van der Waals surface area contributed by atoms with E-state index in [1.54, 1.807) is 11.5 Å². The summed E-state index contributed by atoms with van der Waals surface area (Å²) in [6, 6.07) is 10.2. The number of hydrogen-bond donors (Lipinski definition) is 2. The number of nitrogens with one attached hydrogen (secondary N) is 1. The number of hydrogen-bond acceptors (Lipinski definition) is 4. The number of amides is 1. The number of methoxy groups -OCH3 is 1. The molecule has 2 aromatic heterocycles. The highest BCUT2D eigenvalue weighted by Gasteiger charge is 2.25. The van der Waals surface area contributed by atoms with Gasteiger partial charge in [-0.05, 0) is 55.0 Å². The number of anilines is 1. The molecule has 0 spiro atoms. The third-order valence-electron chi connectivity index (χ3n) is 5.00. The standard InChI is InChI=1S/C21H24N4O2/c1-3-10-23-21(26)18-19(22)25-11-4-5-15(20(25)24-18)16-12-14(13-6-7-13)8-9-17(16)27-2/h4-5,8-9,11-13H,3,6-7,10,22H2,1-2H3,(H,23,26). The fourth-order valence-electron chi connectivity index (χ4n) is 3.39. The summed E-state index contributed by atoms with van der Waals surface area (Å²) in [5.74, 6) is 1.51. The van der Waals surface area contributed by atoms with Crippen LogP contribution in [0.2, 0.25) is 0 Å². The predicted molar refractivity (Wildman–Crippen MR) is 106 cm³/mol. The Bertz CT molecular complexity index is 1000. The number of ether oxygens (including phenoxy) is 1. The molecule has 1 amide bonds. The summed E-state index contributed by atoms with van der Waals surface area (Å²) < 4.78 is 7.36. The summed E-state index contributed by atoms with van der Waals surface area (Å²) in [5, 5.41) is 2.85. The smallest absolute Gasteiger partial charge is 0.273 e. The summed E-state index contributed by atoms with van der Waals surface area (Å²) in [6.45, 7) is 2.60. The van der Waals surface area contributed by atoms with Crippen LogP contribution in [0.3, 0.4) is 0 Å². The number of nitrogen functional groups attached to an aromatic ring is 1. The van der Waals surface area contributed by atoms with Crippen LogP contribution in [0.4, 0.5) is 5.82 Å². The first-order valence-electron chi connectivity index (χ1n) is 9.37. The second-order valence-electron chi connectivity index (χ2n) is 6.95. The Morgan fingerprint density at radius 1 is 1.33 bits per heavy atom. The molecule has 1 fully saturated rings. The van der Waals surface area contributed by atoms with Crippen molar-refractivity contribution in [3.8, 4) is 16.9 Å². The fourth-order valence-corrected chi connectivity index (χ4v) is 3.39. The summed E-state index contributed by atoms with van der Waals surface area (Å²) in [5.41, 5.74) is 10.3. The lowest BCUT2D eigenvalue weighted by atomic mass is 10.0.